The van der Waals surface area contributed by atoms with E-state index in [0.717, 1.165) is 6.33 Å². The molecule has 0 aromatic carbocycles. The van der Waals surface area contributed by atoms with Gasteiger partial charge in [-0.15, -0.1) is 0 Å². The van der Waals surface area contributed by atoms with Crippen LogP contribution < -0.4 is 5.73 Å². The topological polar surface area (TPSA) is 264 Å². The number of hydrogen-bond donors (Lipinski definition) is 6. The Morgan fingerprint density at radius 1 is 1.17 bits per heavy atom. The van der Waals surface area contributed by atoms with Crippen molar-refractivity contribution in [3.05, 3.63) is 12.7 Å². The molecule has 9 N–H and O–H groups in total. The van der Waals surface area contributed by atoms with Crippen LogP contribution in [-0.2, 0) is 22.7 Å². The van der Waals surface area contributed by atoms with Crippen LogP contribution in [0.1, 0.15) is 6.23 Å². The van der Waals surface area contributed by atoms with Gasteiger partial charge in [0.25, 0.3) is 0 Å². The Balaban J connectivity index is 0.00000210. The zero-order valence-corrected chi connectivity index (χ0v) is 19.6. The second kappa shape index (κ2) is 10.1. The molecule has 3 rings (SSSR count). The number of rotatable bonds is 6. The maximum Gasteiger partial charge on any atom is 0.481 e. The summed E-state index contributed by atoms with van der Waals surface area (Å²) in [6.07, 6.45) is -3.20. The molecule has 16 nitrogen and oxygen atoms in total. The summed E-state index contributed by atoms with van der Waals surface area (Å²) in [7, 11) is -10.4. The molecule has 29 heavy (non-hydrogen) atoms. The minimum atomic E-state index is -5.29. The number of nitrogen functional groups attached to an aromatic ring is 1. The molecular formula is C10H17KN5O11P2. The van der Waals surface area contributed by atoms with Crippen molar-refractivity contribution in [2.24, 2.45) is 0 Å². The normalized spacial score (nSPS) is 26.5. The summed E-state index contributed by atoms with van der Waals surface area (Å²) >= 11 is 0. The molecule has 0 spiro atoms. The summed E-state index contributed by atoms with van der Waals surface area (Å²) in [5.41, 5.74) is 6.11. The van der Waals surface area contributed by atoms with Gasteiger partial charge >= 0.3 is 15.6 Å². The van der Waals surface area contributed by atoms with E-state index in [1.807, 2.05) is 0 Å². The number of anilines is 1. The van der Waals surface area contributed by atoms with Crippen LogP contribution in [-0.4, -0.2) is 126 Å². The van der Waals surface area contributed by atoms with Crippen LogP contribution in [0.2, 0.25) is 0 Å². The monoisotopic (exact) mass is 484 g/mol. The first-order valence-electron chi connectivity index (χ1n) is 7.17. The average Bonchev–Trinajstić information content (AvgIpc) is 3.07. The molecule has 159 valence electrons. The molecule has 1 unspecified atom stereocenters. The van der Waals surface area contributed by atoms with Crippen molar-refractivity contribution in [3.63, 3.8) is 0 Å². The second-order valence-electron chi connectivity index (χ2n) is 5.47. The van der Waals surface area contributed by atoms with Crippen molar-refractivity contribution in [1.82, 2.24) is 19.5 Å². The Morgan fingerprint density at radius 3 is 2.45 bits per heavy atom. The van der Waals surface area contributed by atoms with Crippen molar-refractivity contribution < 1.29 is 53.1 Å². The molecule has 1 saturated heterocycles. The number of imidazole rings is 1. The molecular weight excluding hydrogens is 467 g/mol. The van der Waals surface area contributed by atoms with Crippen LogP contribution in [0, 0.1) is 0 Å². The molecule has 1 fully saturated rings. The fraction of sp³-hybridized carbons (Fsp3) is 0.500. The third-order valence-electron chi connectivity index (χ3n) is 3.61. The number of aliphatic hydroxyl groups excluding tert-OH is 2. The Kier molecular flexibility index (Phi) is 9.48. The van der Waals surface area contributed by atoms with Gasteiger partial charge in [-0.1, -0.05) is 0 Å². The Bertz CT molecular complexity index is 940. The molecule has 2 aromatic heterocycles. The summed E-state index contributed by atoms with van der Waals surface area (Å²) in [6.45, 7) is -0.813. The van der Waals surface area contributed by atoms with Gasteiger partial charge in [-0.25, -0.2) is 24.1 Å². The molecule has 2 aromatic rings. The van der Waals surface area contributed by atoms with E-state index in [1.54, 1.807) is 0 Å². The van der Waals surface area contributed by atoms with Gasteiger partial charge in [0, 0.05) is 51.4 Å². The third-order valence-corrected chi connectivity index (χ3v) is 5.76. The van der Waals surface area contributed by atoms with Gasteiger partial charge in [-0.3, -0.25) is 9.09 Å². The predicted molar refractivity (Wildman–Crippen MR) is 93.9 cm³/mol. The van der Waals surface area contributed by atoms with E-state index in [2.05, 4.69) is 23.8 Å². The van der Waals surface area contributed by atoms with Crippen LogP contribution in [0.5, 0.6) is 0 Å². The maximum absolute atomic E-state index is 11.5. The fourth-order valence-electron chi connectivity index (χ4n) is 2.48. The number of nitrogens with zero attached hydrogens (tertiary/aromatic N) is 4. The van der Waals surface area contributed by atoms with Crippen molar-refractivity contribution in [1.29, 1.82) is 0 Å². The maximum atomic E-state index is 11.5. The third kappa shape index (κ3) is 6.30. The Hall–Kier alpha value is 0.0864. The van der Waals surface area contributed by atoms with Crippen LogP contribution >= 0.6 is 15.6 Å². The van der Waals surface area contributed by atoms with E-state index in [4.69, 9.17) is 20.3 Å². The number of nitrogens with two attached hydrogens (primary N) is 1. The van der Waals surface area contributed by atoms with E-state index in [1.165, 1.54) is 10.9 Å². The van der Waals surface area contributed by atoms with Crippen molar-refractivity contribution in [2.75, 3.05) is 12.3 Å². The number of phosphoric acid groups is 2. The van der Waals surface area contributed by atoms with Gasteiger partial charge in [0.1, 0.15) is 30.2 Å². The summed E-state index contributed by atoms with van der Waals surface area (Å²) in [6, 6.07) is 0. The molecule has 0 saturated carbocycles. The quantitative estimate of drug-likeness (QED) is 0.177. The van der Waals surface area contributed by atoms with Crippen LogP contribution in [0.4, 0.5) is 5.82 Å². The van der Waals surface area contributed by atoms with Crippen LogP contribution in [0.3, 0.4) is 0 Å². The molecule has 19 heteroatoms. The Morgan fingerprint density at radius 2 is 1.83 bits per heavy atom. The SMILES string of the molecule is Nc1ncnc2c1ncn2[C@@H]1O[C@H](COP(=O)(O)OP(=O)(O)O)[C@@H](O)[C@H]1O.O.[K]. The zero-order valence-electron chi connectivity index (χ0n) is 14.7. The number of aromatic nitrogens is 4. The van der Waals surface area contributed by atoms with E-state index in [-0.39, 0.29) is 73.8 Å². The van der Waals surface area contributed by atoms with Gasteiger partial charge in [0.05, 0.1) is 12.9 Å². The minimum absolute atomic E-state index is 0. The standard InChI is InChI=1S/C10H15N5O10P2.K.H2O/c11-8-5-9(13-2-12-8)15(3-14-5)10-7(17)6(16)4(24-10)1-23-27(21,22)25-26(18,19)20;;/h2-4,6-7,10,16-17H,1H2,(H,21,22)(H2,11,12,13)(H2,18,19,20);;1H2/t4-,6-,7-,10-;;/m1../s1. The molecule has 1 aliphatic heterocycles. The summed E-state index contributed by atoms with van der Waals surface area (Å²) in [5, 5.41) is 20.3. The minimum Gasteiger partial charge on any atom is -0.412 e. The summed E-state index contributed by atoms with van der Waals surface area (Å²) in [5.74, 6) is 0.0856. The Labute approximate surface area is 204 Å². The first-order valence-corrected chi connectivity index (χ1v) is 10.2. The van der Waals surface area contributed by atoms with Crippen molar-refractivity contribution in [3.8, 4) is 0 Å². The average molecular weight is 484 g/mol. The number of hydrogen-bond acceptors (Lipinski definition) is 11. The van der Waals surface area contributed by atoms with Gasteiger partial charge in [0.15, 0.2) is 17.7 Å². The molecule has 5 atom stereocenters. The first kappa shape index (κ1) is 27.1. The van der Waals surface area contributed by atoms with Gasteiger partial charge in [-0.05, 0) is 0 Å². The van der Waals surface area contributed by atoms with E-state index >= 15 is 0 Å². The summed E-state index contributed by atoms with van der Waals surface area (Å²) in [4.78, 5) is 38.1. The first-order chi connectivity index (χ1) is 12.5. The smallest absolute Gasteiger partial charge is 0.412 e. The van der Waals surface area contributed by atoms with Crippen molar-refractivity contribution in [2.45, 2.75) is 24.5 Å². The predicted octanol–water partition coefficient (Wildman–Crippen LogP) is -2.95. The van der Waals surface area contributed by atoms with Crippen LogP contribution in [0.25, 0.3) is 11.2 Å². The summed E-state index contributed by atoms with van der Waals surface area (Å²) < 4.78 is 36.8. The molecule has 0 bridgehead atoms. The number of aliphatic hydroxyl groups is 2. The fourth-order valence-corrected chi connectivity index (χ4v) is 4.08. The van der Waals surface area contributed by atoms with Crippen LogP contribution in [0.15, 0.2) is 12.7 Å². The van der Waals surface area contributed by atoms with Gasteiger partial charge in [-0.2, -0.15) is 4.31 Å². The molecule has 3 heterocycles. The number of phosphoric ester groups is 1. The van der Waals surface area contributed by atoms with E-state index in [9.17, 15) is 24.2 Å². The van der Waals surface area contributed by atoms with Gasteiger partial charge in [0.2, 0.25) is 0 Å². The van der Waals surface area contributed by atoms with E-state index < -0.39 is 46.8 Å². The second-order valence-corrected chi connectivity index (χ2v) is 8.30. The van der Waals surface area contributed by atoms with Gasteiger partial charge < -0.3 is 40.8 Å². The zero-order chi connectivity index (χ0) is 20.0. The number of fused-ring (bicyclic) bond motifs is 1. The van der Waals surface area contributed by atoms with Crippen molar-refractivity contribution >= 4 is 84.0 Å². The molecule has 0 amide bonds. The number of ether oxygens (including phenoxy) is 1. The molecule has 1 aliphatic rings. The van der Waals surface area contributed by atoms with E-state index in [0.29, 0.717) is 0 Å². The molecule has 1 radical (unpaired) electrons. The molecule has 0 aliphatic carbocycles. The largest absolute Gasteiger partial charge is 0.481 e.